The summed E-state index contributed by atoms with van der Waals surface area (Å²) < 4.78 is 5.11. The van der Waals surface area contributed by atoms with Crippen LogP contribution in [0, 0.1) is 0 Å². The summed E-state index contributed by atoms with van der Waals surface area (Å²) in [5, 5.41) is 3.32. The maximum atomic E-state index is 5.11. The van der Waals surface area contributed by atoms with Crippen LogP contribution in [0.4, 0.5) is 0 Å². The third-order valence-electron chi connectivity index (χ3n) is 2.46. The van der Waals surface area contributed by atoms with Crippen LogP contribution in [0.5, 0.6) is 5.75 Å². The number of ether oxygens (including phenoxy) is 1. The lowest BCUT2D eigenvalue weighted by Crippen LogP contribution is -2.04. The van der Waals surface area contributed by atoms with Crippen molar-refractivity contribution in [3.63, 3.8) is 0 Å². The van der Waals surface area contributed by atoms with Gasteiger partial charge in [-0.2, -0.15) is 0 Å². The van der Waals surface area contributed by atoms with Crippen LogP contribution in [0.3, 0.4) is 0 Å². The van der Waals surface area contributed by atoms with E-state index in [0.717, 1.165) is 18.8 Å². The molecular formula is C12H15NO. The minimum atomic E-state index is 0.914. The molecule has 0 saturated carbocycles. The number of nitrogens with one attached hydrogen (secondary N) is 1. The second kappa shape index (κ2) is 4.29. The minimum Gasteiger partial charge on any atom is -0.497 e. The second-order valence-corrected chi connectivity index (χ2v) is 3.50. The highest BCUT2D eigenvalue weighted by atomic mass is 16.5. The molecule has 0 aromatic heterocycles. The third-order valence-corrected chi connectivity index (χ3v) is 2.46. The predicted molar refractivity (Wildman–Crippen MR) is 58.5 cm³/mol. The SMILES string of the molecule is COc1ccc(/C=C2\CCNC2)cc1. The summed E-state index contributed by atoms with van der Waals surface area (Å²) in [5.74, 6) is 0.914. The van der Waals surface area contributed by atoms with Crippen molar-refractivity contribution in [3.05, 3.63) is 35.4 Å². The van der Waals surface area contributed by atoms with Crippen LogP contribution in [0.15, 0.2) is 29.8 Å². The maximum Gasteiger partial charge on any atom is 0.118 e. The Morgan fingerprint density at radius 1 is 1.29 bits per heavy atom. The minimum absolute atomic E-state index is 0.914. The van der Waals surface area contributed by atoms with E-state index in [1.165, 1.54) is 17.6 Å². The van der Waals surface area contributed by atoms with Crippen LogP contribution in [0.1, 0.15) is 12.0 Å². The molecule has 0 radical (unpaired) electrons. The Morgan fingerprint density at radius 3 is 2.64 bits per heavy atom. The Bertz CT molecular complexity index is 319. The van der Waals surface area contributed by atoms with Gasteiger partial charge in [-0.1, -0.05) is 23.8 Å². The molecule has 74 valence electrons. The molecule has 1 saturated heterocycles. The summed E-state index contributed by atoms with van der Waals surface area (Å²) in [6, 6.07) is 8.16. The fourth-order valence-corrected chi connectivity index (χ4v) is 1.65. The van der Waals surface area contributed by atoms with Crippen LogP contribution in [0.25, 0.3) is 6.08 Å². The summed E-state index contributed by atoms with van der Waals surface area (Å²) in [7, 11) is 1.69. The van der Waals surface area contributed by atoms with Crippen molar-refractivity contribution in [1.29, 1.82) is 0 Å². The molecule has 14 heavy (non-hydrogen) atoms. The van der Waals surface area contributed by atoms with E-state index in [-0.39, 0.29) is 0 Å². The van der Waals surface area contributed by atoms with E-state index in [1.54, 1.807) is 7.11 Å². The quantitative estimate of drug-likeness (QED) is 0.769. The number of rotatable bonds is 2. The van der Waals surface area contributed by atoms with E-state index >= 15 is 0 Å². The van der Waals surface area contributed by atoms with Gasteiger partial charge in [0.15, 0.2) is 0 Å². The fourth-order valence-electron chi connectivity index (χ4n) is 1.65. The lowest BCUT2D eigenvalue weighted by Gasteiger charge is -2.00. The van der Waals surface area contributed by atoms with E-state index in [2.05, 4.69) is 23.5 Å². The lowest BCUT2D eigenvalue weighted by atomic mass is 10.1. The molecule has 1 N–H and O–H groups in total. The number of benzene rings is 1. The van der Waals surface area contributed by atoms with Gasteiger partial charge in [0.05, 0.1) is 7.11 Å². The fraction of sp³-hybridized carbons (Fsp3) is 0.333. The molecule has 0 spiro atoms. The zero-order valence-electron chi connectivity index (χ0n) is 8.42. The van der Waals surface area contributed by atoms with Gasteiger partial charge in [0.1, 0.15) is 5.75 Å². The highest BCUT2D eigenvalue weighted by Gasteiger charge is 2.04. The highest BCUT2D eigenvalue weighted by molar-refractivity contribution is 5.54. The number of hydrogen-bond donors (Lipinski definition) is 1. The predicted octanol–water partition coefficient (Wildman–Crippen LogP) is 2.07. The average Bonchev–Trinajstić information content (AvgIpc) is 2.72. The Kier molecular flexibility index (Phi) is 2.84. The highest BCUT2D eigenvalue weighted by Crippen LogP contribution is 2.16. The molecule has 1 aromatic carbocycles. The maximum absolute atomic E-state index is 5.11. The van der Waals surface area contributed by atoms with Gasteiger partial charge in [-0.25, -0.2) is 0 Å². The molecule has 0 bridgehead atoms. The smallest absolute Gasteiger partial charge is 0.118 e. The zero-order valence-corrected chi connectivity index (χ0v) is 8.42. The van der Waals surface area contributed by atoms with Gasteiger partial charge in [-0.15, -0.1) is 0 Å². The third kappa shape index (κ3) is 2.15. The molecule has 0 amide bonds. The van der Waals surface area contributed by atoms with E-state index in [1.807, 2.05) is 12.1 Å². The Hall–Kier alpha value is -1.28. The van der Waals surface area contributed by atoms with Gasteiger partial charge in [-0.3, -0.25) is 0 Å². The van der Waals surface area contributed by atoms with Crippen molar-refractivity contribution in [2.24, 2.45) is 0 Å². The summed E-state index contributed by atoms with van der Waals surface area (Å²) in [4.78, 5) is 0. The van der Waals surface area contributed by atoms with Crippen LogP contribution >= 0.6 is 0 Å². The van der Waals surface area contributed by atoms with Crippen LogP contribution in [-0.2, 0) is 0 Å². The number of hydrogen-bond acceptors (Lipinski definition) is 2. The standard InChI is InChI=1S/C12H15NO/c1-14-12-4-2-10(3-5-12)8-11-6-7-13-9-11/h2-5,8,13H,6-7,9H2,1H3/b11-8+. The molecule has 2 rings (SSSR count). The van der Waals surface area contributed by atoms with E-state index in [0.29, 0.717) is 0 Å². The monoisotopic (exact) mass is 189 g/mol. The Labute approximate surface area is 84.6 Å². The van der Waals surface area contributed by atoms with Gasteiger partial charge in [0.25, 0.3) is 0 Å². The molecule has 1 heterocycles. The van der Waals surface area contributed by atoms with Gasteiger partial charge in [0.2, 0.25) is 0 Å². The van der Waals surface area contributed by atoms with Crippen molar-refractivity contribution in [2.45, 2.75) is 6.42 Å². The van der Waals surface area contributed by atoms with Crippen LogP contribution < -0.4 is 10.1 Å². The van der Waals surface area contributed by atoms with Crippen molar-refractivity contribution >= 4 is 6.08 Å². The van der Waals surface area contributed by atoms with Gasteiger partial charge in [0, 0.05) is 6.54 Å². The first kappa shape index (κ1) is 9.28. The van der Waals surface area contributed by atoms with Crippen molar-refractivity contribution in [2.75, 3.05) is 20.2 Å². The molecule has 1 aliphatic rings. The molecule has 0 aliphatic carbocycles. The first-order valence-electron chi connectivity index (χ1n) is 4.93. The molecule has 1 aliphatic heterocycles. The normalized spacial score (nSPS) is 18.8. The first-order chi connectivity index (χ1) is 6.88. The average molecular weight is 189 g/mol. The van der Waals surface area contributed by atoms with E-state index < -0.39 is 0 Å². The molecule has 2 heteroatoms. The zero-order chi connectivity index (χ0) is 9.80. The molecule has 1 fully saturated rings. The molecule has 2 nitrogen and oxygen atoms in total. The first-order valence-corrected chi connectivity index (χ1v) is 4.93. The van der Waals surface area contributed by atoms with Gasteiger partial charge < -0.3 is 10.1 Å². The van der Waals surface area contributed by atoms with Crippen molar-refractivity contribution < 1.29 is 4.74 Å². The van der Waals surface area contributed by atoms with Crippen LogP contribution in [-0.4, -0.2) is 20.2 Å². The molecule has 1 aromatic rings. The van der Waals surface area contributed by atoms with Crippen molar-refractivity contribution in [1.82, 2.24) is 5.32 Å². The summed E-state index contributed by atoms with van der Waals surface area (Å²) in [5.41, 5.74) is 2.74. The summed E-state index contributed by atoms with van der Waals surface area (Å²) in [6.07, 6.45) is 3.42. The second-order valence-electron chi connectivity index (χ2n) is 3.50. The van der Waals surface area contributed by atoms with Crippen LogP contribution in [0.2, 0.25) is 0 Å². The summed E-state index contributed by atoms with van der Waals surface area (Å²) >= 11 is 0. The molecular weight excluding hydrogens is 174 g/mol. The topological polar surface area (TPSA) is 21.3 Å². The Balaban J connectivity index is 2.12. The van der Waals surface area contributed by atoms with E-state index in [9.17, 15) is 0 Å². The molecule has 0 unspecified atom stereocenters. The number of methoxy groups -OCH3 is 1. The lowest BCUT2D eigenvalue weighted by molar-refractivity contribution is 0.415. The molecule has 0 atom stereocenters. The van der Waals surface area contributed by atoms with Crippen molar-refractivity contribution in [3.8, 4) is 5.75 Å². The largest absolute Gasteiger partial charge is 0.497 e. The Morgan fingerprint density at radius 2 is 2.07 bits per heavy atom. The van der Waals surface area contributed by atoms with Gasteiger partial charge >= 0.3 is 0 Å². The van der Waals surface area contributed by atoms with E-state index in [4.69, 9.17) is 4.74 Å². The summed E-state index contributed by atoms with van der Waals surface area (Å²) in [6.45, 7) is 2.15. The van der Waals surface area contributed by atoms with Gasteiger partial charge in [-0.05, 0) is 30.7 Å².